The molecule has 1 aliphatic carbocycles. The van der Waals surface area contributed by atoms with E-state index in [0.29, 0.717) is 11.6 Å². The first-order valence-corrected chi connectivity index (χ1v) is 8.67. The summed E-state index contributed by atoms with van der Waals surface area (Å²) in [6.45, 7) is 0.526. The number of amides is 1. The van der Waals surface area contributed by atoms with Crippen LogP contribution in [0, 0.1) is 0 Å². The Morgan fingerprint density at radius 2 is 1.84 bits per heavy atom. The lowest BCUT2D eigenvalue weighted by molar-refractivity contribution is -0.123. The molecule has 1 fully saturated rings. The fraction of sp³-hybridized carbons (Fsp3) is 0.200. The highest BCUT2D eigenvalue weighted by Crippen LogP contribution is 2.48. The third-order valence-electron chi connectivity index (χ3n) is 4.77. The topological polar surface area (TPSA) is 46.9 Å². The van der Waals surface area contributed by atoms with Gasteiger partial charge >= 0.3 is 0 Å². The summed E-state index contributed by atoms with van der Waals surface area (Å²) in [5.41, 5.74) is 2.79. The molecule has 126 valence electrons. The van der Waals surface area contributed by atoms with Crippen LogP contribution in [0.25, 0.3) is 5.69 Å². The summed E-state index contributed by atoms with van der Waals surface area (Å²) in [4.78, 5) is 16.7. The molecule has 1 aliphatic rings. The fourth-order valence-electron chi connectivity index (χ4n) is 3.09. The molecular formula is C20H18ClN3O. The molecular weight excluding hydrogens is 334 g/mol. The Hall–Kier alpha value is -2.59. The van der Waals surface area contributed by atoms with Gasteiger partial charge in [0.25, 0.3) is 0 Å². The fourth-order valence-corrected chi connectivity index (χ4v) is 3.22. The van der Waals surface area contributed by atoms with Crippen LogP contribution in [0.1, 0.15) is 24.0 Å². The highest BCUT2D eigenvalue weighted by molar-refractivity contribution is 6.30. The number of aromatic nitrogens is 2. The van der Waals surface area contributed by atoms with Gasteiger partial charge in [-0.25, -0.2) is 4.98 Å². The van der Waals surface area contributed by atoms with Crippen LogP contribution in [-0.2, 0) is 16.8 Å². The van der Waals surface area contributed by atoms with Crippen molar-refractivity contribution in [2.24, 2.45) is 0 Å². The lowest BCUT2D eigenvalue weighted by Crippen LogP contribution is -2.34. The van der Waals surface area contributed by atoms with E-state index < -0.39 is 0 Å². The van der Waals surface area contributed by atoms with E-state index in [1.807, 2.05) is 59.3 Å². The van der Waals surface area contributed by atoms with Gasteiger partial charge in [-0.3, -0.25) is 4.79 Å². The van der Waals surface area contributed by atoms with Crippen LogP contribution in [-0.4, -0.2) is 15.5 Å². The average Bonchev–Trinajstić information content (AvgIpc) is 3.27. The molecule has 4 rings (SSSR count). The Labute approximate surface area is 151 Å². The second kappa shape index (κ2) is 6.37. The predicted octanol–water partition coefficient (Wildman–Crippen LogP) is 3.87. The van der Waals surface area contributed by atoms with Crippen molar-refractivity contribution < 1.29 is 4.79 Å². The third kappa shape index (κ3) is 3.17. The first kappa shape index (κ1) is 15.9. The van der Waals surface area contributed by atoms with E-state index in [2.05, 4.69) is 10.3 Å². The van der Waals surface area contributed by atoms with Crippen LogP contribution >= 0.6 is 11.6 Å². The Balaban J connectivity index is 1.41. The van der Waals surface area contributed by atoms with Crippen LogP contribution in [0.5, 0.6) is 0 Å². The lowest BCUT2D eigenvalue weighted by Gasteiger charge is -2.16. The highest BCUT2D eigenvalue weighted by Gasteiger charge is 2.50. The van der Waals surface area contributed by atoms with Crippen molar-refractivity contribution in [3.8, 4) is 5.69 Å². The number of nitrogens with zero attached hydrogens (tertiary/aromatic N) is 2. The summed E-state index contributed by atoms with van der Waals surface area (Å²) in [5.74, 6) is 0.0912. The number of carbonyl (C=O) groups excluding carboxylic acids is 1. The van der Waals surface area contributed by atoms with E-state index in [9.17, 15) is 4.79 Å². The van der Waals surface area contributed by atoms with E-state index in [1.165, 1.54) is 0 Å². The minimum atomic E-state index is -0.374. The SMILES string of the molecule is O=C(NCc1ccc(-n2ccnc2)cc1)C1(c2ccc(Cl)cc2)CC1. The maximum absolute atomic E-state index is 12.7. The molecule has 0 saturated heterocycles. The van der Waals surface area contributed by atoms with Crippen molar-refractivity contribution in [2.45, 2.75) is 24.8 Å². The van der Waals surface area contributed by atoms with Crippen molar-refractivity contribution in [1.82, 2.24) is 14.9 Å². The first-order valence-electron chi connectivity index (χ1n) is 8.29. The van der Waals surface area contributed by atoms with Gasteiger partial charge in [0.1, 0.15) is 0 Å². The van der Waals surface area contributed by atoms with Gasteiger partial charge in [0.15, 0.2) is 0 Å². The van der Waals surface area contributed by atoms with Crippen molar-refractivity contribution in [3.63, 3.8) is 0 Å². The van der Waals surface area contributed by atoms with Gasteiger partial charge in [0, 0.05) is 29.6 Å². The van der Waals surface area contributed by atoms with Crippen molar-refractivity contribution in [2.75, 3.05) is 0 Å². The standard InChI is InChI=1S/C20H18ClN3O/c21-17-5-3-16(4-6-17)20(9-10-20)19(25)23-13-15-1-7-18(8-2-15)24-12-11-22-14-24/h1-8,11-12,14H,9-10,13H2,(H,23,25). The van der Waals surface area contributed by atoms with Gasteiger partial charge in [0.2, 0.25) is 5.91 Å². The normalized spacial score (nSPS) is 14.9. The highest BCUT2D eigenvalue weighted by atomic mass is 35.5. The zero-order valence-electron chi connectivity index (χ0n) is 13.7. The summed E-state index contributed by atoms with van der Waals surface area (Å²) in [7, 11) is 0. The van der Waals surface area contributed by atoms with E-state index in [4.69, 9.17) is 11.6 Å². The van der Waals surface area contributed by atoms with Crippen LogP contribution in [0.4, 0.5) is 0 Å². The van der Waals surface area contributed by atoms with Gasteiger partial charge < -0.3 is 9.88 Å². The van der Waals surface area contributed by atoms with Crippen molar-refractivity contribution >= 4 is 17.5 Å². The number of rotatable bonds is 5. The van der Waals surface area contributed by atoms with E-state index >= 15 is 0 Å². The molecule has 1 N–H and O–H groups in total. The van der Waals surface area contributed by atoms with Crippen LogP contribution in [0.2, 0.25) is 5.02 Å². The predicted molar refractivity (Wildman–Crippen MR) is 97.8 cm³/mol. The zero-order valence-corrected chi connectivity index (χ0v) is 14.4. The van der Waals surface area contributed by atoms with Crippen molar-refractivity contribution in [1.29, 1.82) is 0 Å². The van der Waals surface area contributed by atoms with Crippen LogP contribution in [0.15, 0.2) is 67.3 Å². The number of hydrogen-bond acceptors (Lipinski definition) is 2. The molecule has 0 radical (unpaired) electrons. The van der Waals surface area contributed by atoms with E-state index in [0.717, 1.165) is 29.7 Å². The number of carbonyl (C=O) groups is 1. The summed E-state index contributed by atoms with van der Waals surface area (Å²) in [6, 6.07) is 15.7. The molecule has 0 atom stereocenters. The Kier molecular flexibility index (Phi) is 4.06. The molecule has 0 unspecified atom stereocenters. The van der Waals surface area contributed by atoms with E-state index in [-0.39, 0.29) is 11.3 Å². The van der Waals surface area contributed by atoms with E-state index in [1.54, 1.807) is 12.5 Å². The molecule has 3 aromatic rings. The second-order valence-electron chi connectivity index (χ2n) is 6.41. The Morgan fingerprint density at radius 3 is 2.44 bits per heavy atom. The van der Waals surface area contributed by atoms with Crippen molar-refractivity contribution in [3.05, 3.63) is 83.4 Å². The maximum Gasteiger partial charge on any atom is 0.230 e. The molecule has 25 heavy (non-hydrogen) atoms. The molecule has 0 spiro atoms. The Bertz CT molecular complexity index is 866. The third-order valence-corrected chi connectivity index (χ3v) is 5.03. The number of imidazole rings is 1. The summed E-state index contributed by atoms with van der Waals surface area (Å²) in [5, 5.41) is 3.77. The average molecular weight is 352 g/mol. The molecule has 2 aromatic carbocycles. The number of benzene rings is 2. The first-order chi connectivity index (χ1) is 12.2. The molecule has 4 nitrogen and oxygen atoms in total. The zero-order chi connectivity index (χ0) is 17.3. The number of hydrogen-bond donors (Lipinski definition) is 1. The molecule has 1 heterocycles. The molecule has 0 aliphatic heterocycles. The lowest BCUT2D eigenvalue weighted by atomic mass is 9.95. The summed E-state index contributed by atoms with van der Waals surface area (Å²) >= 11 is 5.95. The molecule has 0 bridgehead atoms. The smallest absolute Gasteiger partial charge is 0.230 e. The van der Waals surface area contributed by atoms with Gasteiger partial charge in [-0.15, -0.1) is 0 Å². The largest absolute Gasteiger partial charge is 0.351 e. The van der Waals surface area contributed by atoms with Gasteiger partial charge in [-0.1, -0.05) is 35.9 Å². The quantitative estimate of drug-likeness (QED) is 0.758. The number of nitrogens with one attached hydrogen (secondary N) is 1. The molecule has 1 aromatic heterocycles. The molecule has 1 saturated carbocycles. The molecule has 1 amide bonds. The summed E-state index contributed by atoms with van der Waals surface area (Å²) < 4.78 is 1.95. The number of halogens is 1. The second-order valence-corrected chi connectivity index (χ2v) is 6.84. The minimum Gasteiger partial charge on any atom is -0.351 e. The summed E-state index contributed by atoms with van der Waals surface area (Å²) in [6.07, 6.45) is 7.19. The van der Waals surface area contributed by atoms with Gasteiger partial charge in [-0.05, 0) is 48.2 Å². The van der Waals surface area contributed by atoms with Gasteiger partial charge in [-0.2, -0.15) is 0 Å². The Morgan fingerprint density at radius 1 is 1.12 bits per heavy atom. The molecule has 5 heteroatoms. The minimum absolute atomic E-state index is 0.0912. The van der Waals surface area contributed by atoms with Crippen LogP contribution < -0.4 is 5.32 Å². The van der Waals surface area contributed by atoms with Gasteiger partial charge in [0.05, 0.1) is 11.7 Å². The maximum atomic E-state index is 12.7. The van der Waals surface area contributed by atoms with Crippen LogP contribution in [0.3, 0.4) is 0 Å². The monoisotopic (exact) mass is 351 g/mol.